The van der Waals surface area contributed by atoms with E-state index in [-0.39, 0.29) is 17.9 Å². The molecule has 0 aliphatic carbocycles. The van der Waals surface area contributed by atoms with Crippen molar-refractivity contribution in [2.75, 3.05) is 24.3 Å². The number of aromatic nitrogens is 3. The number of amides is 1. The number of hydrogen-bond donors (Lipinski definition) is 2. The Bertz CT molecular complexity index is 452. The topological polar surface area (TPSA) is 120 Å². The lowest BCUT2D eigenvalue weighted by atomic mass is 10.0. The summed E-state index contributed by atoms with van der Waals surface area (Å²) in [6.45, 7) is 0.667. The lowest BCUT2D eigenvalue weighted by molar-refractivity contribution is -0.119. The number of carbonyl (C=O) groups is 1. The molecular weight excluding hydrogens is 236 g/mol. The standard InChI is InChI=1S/C10H16N6O2/c1-18-10-14-8(12)13-9(15-10)16-5-3-2-4-6(16)7(11)17/h6H,2-5H2,1H3,(H2,11,17)(H2,12,13,14,15). The molecule has 4 N–H and O–H groups in total. The highest BCUT2D eigenvalue weighted by Gasteiger charge is 2.29. The van der Waals surface area contributed by atoms with E-state index in [1.165, 1.54) is 7.11 Å². The Labute approximate surface area is 104 Å². The smallest absolute Gasteiger partial charge is 0.322 e. The molecule has 1 amide bonds. The number of nitrogen functional groups attached to an aromatic ring is 1. The summed E-state index contributed by atoms with van der Waals surface area (Å²) in [4.78, 5) is 25.1. The van der Waals surface area contributed by atoms with E-state index in [0.29, 0.717) is 18.9 Å². The average Bonchev–Trinajstić information content (AvgIpc) is 2.38. The number of anilines is 2. The number of piperidine rings is 1. The summed E-state index contributed by atoms with van der Waals surface area (Å²) in [5, 5.41) is 0. The first-order valence-electron chi connectivity index (χ1n) is 5.73. The van der Waals surface area contributed by atoms with Crippen LogP contribution in [0, 0.1) is 0 Å². The van der Waals surface area contributed by atoms with Gasteiger partial charge in [0, 0.05) is 6.54 Å². The fourth-order valence-corrected chi connectivity index (χ4v) is 2.05. The van der Waals surface area contributed by atoms with Gasteiger partial charge in [0.25, 0.3) is 0 Å². The van der Waals surface area contributed by atoms with Crippen LogP contribution < -0.4 is 21.1 Å². The van der Waals surface area contributed by atoms with Crippen molar-refractivity contribution < 1.29 is 9.53 Å². The molecular formula is C10H16N6O2. The minimum absolute atomic E-state index is 0.0608. The van der Waals surface area contributed by atoms with E-state index in [9.17, 15) is 4.79 Å². The second-order valence-electron chi connectivity index (χ2n) is 4.09. The molecule has 0 aromatic carbocycles. The molecule has 1 unspecified atom stereocenters. The van der Waals surface area contributed by atoms with Gasteiger partial charge in [-0.15, -0.1) is 0 Å². The van der Waals surface area contributed by atoms with E-state index in [4.69, 9.17) is 16.2 Å². The van der Waals surface area contributed by atoms with E-state index in [1.807, 2.05) is 0 Å². The summed E-state index contributed by atoms with van der Waals surface area (Å²) in [6.07, 6.45) is 2.61. The Morgan fingerprint density at radius 1 is 1.39 bits per heavy atom. The SMILES string of the molecule is COc1nc(N)nc(N2CCCCC2C(N)=O)n1. The molecule has 1 atom stereocenters. The van der Waals surface area contributed by atoms with Crippen LogP contribution in [0.3, 0.4) is 0 Å². The predicted octanol–water partition coefficient (Wildman–Crippen LogP) is -0.693. The number of methoxy groups -OCH3 is 1. The molecule has 2 heterocycles. The van der Waals surface area contributed by atoms with E-state index in [1.54, 1.807) is 4.90 Å². The first-order valence-corrected chi connectivity index (χ1v) is 5.73. The zero-order chi connectivity index (χ0) is 13.1. The van der Waals surface area contributed by atoms with E-state index in [0.717, 1.165) is 12.8 Å². The molecule has 1 aromatic heterocycles. The van der Waals surface area contributed by atoms with E-state index in [2.05, 4.69) is 15.0 Å². The molecule has 1 saturated heterocycles. The fraction of sp³-hybridized carbons (Fsp3) is 0.600. The number of rotatable bonds is 3. The maximum Gasteiger partial charge on any atom is 0.322 e. The molecule has 8 heteroatoms. The van der Waals surface area contributed by atoms with Gasteiger partial charge in [-0.1, -0.05) is 0 Å². The zero-order valence-corrected chi connectivity index (χ0v) is 10.2. The van der Waals surface area contributed by atoms with Crippen LogP contribution in [0.5, 0.6) is 6.01 Å². The van der Waals surface area contributed by atoms with Crippen LogP contribution >= 0.6 is 0 Å². The number of hydrogen-bond acceptors (Lipinski definition) is 7. The van der Waals surface area contributed by atoms with Crippen molar-refractivity contribution in [3.8, 4) is 6.01 Å². The van der Waals surface area contributed by atoms with Gasteiger partial charge in [0.2, 0.25) is 17.8 Å². The second-order valence-corrected chi connectivity index (χ2v) is 4.09. The largest absolute Gasteiger partial charge is 0.467 e. The van der Waals surface area contributed by atoms with Crippen molar-refractivity contribution in [1.82, 2.24) is 15.0 Å². The van der Waals surface area contributed by atoms with Crippen LogP contribution in [0.2, 0.25) is 0 Å². The predicted molar refractivity (Wildman–Crippen MR) is 65.0 cm³/mol. The van der Waals surface area contributed by atoms with Gasteiger partial charge in [0.1, 0.15) is 6.04 Å². The molecule has 0 saturated carbocycles. The summed E-state index contributed by atoms with van der Waals surface area (Å²) in [5.74, 6) is 0.0149. The molecule has 18 heavy (non-hydrogen) atoms. The second kappa shape index (κ2) is 5.03. The normalized spacial score (nSPS) is 19.6. The summed E-state index contributed by atoms with van der Waals surface area (Å²) in [5.41, 5.74) is 11.0. The molecule has 1 aliphatic heterocycles. The molecule has 98 valence electrons. The zero-order valence-electron chi connectivity index (χ0n) is 10.2. The molecule has 1 aromatic rings. The van der Waals surface area contributed by atoms with Gasteiger partial charge < -0.3 is 21.1 Å². The third-order valence-electron chi connectivity index (χ3n) is 2.89. The Balaban J connectivity index is 2.33. The molecule has 0 spiro atoms. The van der Waals surface area contributed by atoms with Crippen molar-refractivity contribution >= 4 is 17.8 Å². The Morgan fingerprint density at radius 2 is 2.17 bits per heavy atom. The summed E-state index contributed by atoms with van der Waals surface area (Å²) >= 11 is 0. The van der Waals surface area contributed by atoms with Gasteiger partial charge in [-0.05, 0) is 19.3 Å². The summed E-state index contributed by atoms with van der Waals surface area (Å²) in [6, 6.07) is -0.267. The maximum absolute atomic E-state index is 11.4. The highest BCUT2D eigenvalue weighted by Crippen LogP contribution is 2.23. The molecule has 1 fully saturated rings. The van der Waals surface area contributed by atoms with Crippen molar-refractivity contribution in [3.05, 3.63) is 0 Å². The van der Waals surface area contributed by atoms with Crippen LogP contribution in [-0.2, 0) is 4.79 Å². The van der Waals surface area contributed by atoms with Crippen molar-refractivity contribution in [2.45, 2.75) is 25.3 Å². The minimum atomic E-state index is -0.398. The third-order valence-corrected chi connectivity index (χ3v) is 2.89. The first-order chi connectivity index (χ1) is 8.61. The summed E-state index contributed by atoms with van der Waals surface area (Å²) < 4.78 is 4.94. The first kappa shape index (κ1) is 12.3. The number of primary amides is 1. The van der Waals surface area contributed by atoms with Crippen molar-refractivity contribution in [1.29, 1.82) is 0 Å². The van der Waals surface area contributed by atoms with Gasteiger partial charge in [0.05, 0.1) is 7.11 Å². The van der Waals surface area contributed by atoms with Crippen molar-refractivity contribution in [2.24, 2.45) is 5.73 Å². The highest BCUT2D eigenvalue weighted by molar-refractivity contribution is 5.83. The van der Waals surface area contributed by atoms with Gasteiger partial charge in [0.15, 0.2) is 0 Å². The number of carbonyl (C=O) groups excluding carboxylic acids is 1. The van der Waals surface area contributed by atoms with Crippen LogP contribution in [0.25, 0.3) is 0 Å². The van der Waals surface area contributed by atoms with Crippen molar-refractivity contribution in [3.63, 3.8) is 0 Å². The quantitative estimate of drug-likeness (QED) is 0.730. The number of ether oxygens (including phenoxy) is 1. The van der Waals surface area contributed by atoms with Gasteiger partial charge in [-0.2, -0.15) is 15.0 Å². The third kappa shape index (κ3) is 2.41. The fourth-order valence-electron chi connectivity index (χ4n) is 2.05. The Hall–Kier alpha value is -2.12. The van der Waals surface area contributed by atoms with Crippen LogP contribution in [0.1, 0.15) is 19.3 Å². The number of nitrogens with two attached hydrogens (primary N) is 2. The monoisotopic (exact) mass is 252 g/mol. The molecule has 8 nitrogen and oxygen atoms in total. The van der Waals surface area contributed by atoms with Crippen LogP contribution in [0.15, 0.2) is 0 Å². The lowest BCUT2D eigenvalue weighted by Gasteiger charge is -2.33. The van der Waals surface area contributed by atoms with Gasteiger partial charge >= 0.3 is 6.01 Å². The maximum atomic E-state index is 11.4. The average molecular weight is 252 g/mol. The Morgan fingerprint density at radius 3 is 2.83 bits per heavy atom. The van der Waals surface area contributed by atoms with E-state index < -0.39 is 6.04 Å². The molecule has 0 bridgehead atoms. The van der Waals surface area contributed by atoms with Gasteiger partial charge in [-0.25, -0.2) is 0 Å². The highest BCUT2D eigenvalue weighted by atomic mass is 16.5. The molecule has 1 aliphatic rings. The Kier molecular flexibility index (Phi) is 3.45. The molecule has 2 rings (SSSR count). The molecule has 0 radical (unpaired) electrons. The lowest BCUT2D eigenvalue weighted by Crippen LogP contribution is -2.48. The van der Waals surface area contributed by atoms with Gasteiger partial charge in [-0.3, -0.25) is 4.79 Å². The van der Waals surface area contributed by atoms with Crippen LogP contribution in [0.4, 0.5) is 11.9 Å². The minimum Gasteiger partial charge on any atom is -0.467 e. The summed E-state index contributed by atoms with van der Waals surface area (Å²) in [7, 11) is 1.44. The van der Waals surface area contributed by atoms with Crippen LogP contribution in [-0.4, -0.2) is 40.6 Å². The number of nitrogens with zero attached hydrogens (tertiary/aromatic N) is 4. The van der Waals surface area contributed by atoms with E-state index >= 15 is 0 Å².